The molecule has 0 bridgehead atoms. The SMILES string of the molecule is O=C(Cl)CCCCC(CC(=O)Cl)C(=O)Cl. The Morgan fingerprint density at radius 1 is 0.933 bits per heavy atom. The molecule has 0 aromatic carbocycles. The van der Waals surface area contributed by atoms with E-state index in [1.54, 1.807) is 0 Å². The minimum atomic E-state index is -0.581. The Morgan fingerprint density at radius 3 is 1.93 bits per heavy atom. The van der Waals surface area contributed by atoms with Gasteiger partial charge in [-0.2, -0.15) is 0 Å². The third-order valence-electron chi connectivity index (χ3n) is 1.90. The average molecular weight is 274 g/mol. The van der Waals surface area contributed by atoms with Gasteiger partial charge in [0.15, 0.2) is 0 Å². The zero-order valence-electron chi connectivity index (χ0n) is 7.97. The smallest absolute Gasteiger partial charge is 0.225 e. The lowest BCUT2D eigenvalue weighted by Gasteiger charge is -2.08. The van der Waals surface area contributed by atoms with Crippen molar-refractivity contribution < 1.29 is 14.4 Å². The van der Waals surface area contributed by atoms with Crippen LogP contribution in [-0.2, 0) is 14.4 Å². The molecule has 0 fully saturated rings. The Kier molecular flexibility index (Phi) is 8.02. The maximum atomic E-state index is 10.9. The number of hydrogen-bond donors (Lipinski definition) is 0. The van der Waals surface area contributed by atoms with Crippen LogP contribution in [0.1, 0.15) is 32.1 Å². The van der Waals surface area contributed by atoms with Crippen molar-refractivity contribution in [2.75, 3.05) is 0 Å². The van der Waals surface area contributed by atoms with E-state index in [0.29, 0.717) is 19.3 Å². The summed E-state index contributed by atoms with van der Waals surface area (Å²) >= 11 is 15.6. The van der Waals surface area contributed by atoms with Gasteiger partial charge in [-0.1, -0.05) is 6.42 Å². The molecule has 0 aliphatic carbocycles. The Bertz CT molecular complexity index is 253. The molecule has 0 aromatic rings. The second kappa shape index (κ2) is 8.08. The fourth-order valence-corrected chi connectivity index (χ4v) is 1.65. The van der Waals surface area contributed by atoms with Crippen molar-refractivity contribution in [3.63, 3.8) is 0 Å². The number of halogens is 3. The maximum absolute atomic E-state index is 10.9. The van der Waals surface area contributed by atoms with Gasteiger partial charge in [-0.25, -0.2) is 0 Å². The summed E-state index contributed by atoms with van der Waals surface area (Å²) in [6.07, 6.45) is 1.86. The third-order valence-corrected chi connectivity index (χ3v) is 2.56. The van der Waals surface area contributed by atoms with Gasteiger partial charge in [-0.3, -0.25) is 14.4 Å². The first-order chi connectivity index (χ1) is 6.93. The number of unbranched alkanes of at least 4 members (excludes halogenated alkanes) is 1. The van der Waals surface area contributed by atoms with Gasteiger partial charge in [0.05, 0.1) is 0 Å². The van der Waals surface area contributed by atoms with Gasteiger partial charge in [0.2, 0.25) is 15.7 Å². The van der Waals surface area contributed by atoms with Crippen molar-refractivity contribution in [2.24, 2.45) is 5.92 Å². The van der Waals surface area contributed by atoms with Crippen molar-refractivity contribution in [1.29, 1.82) is 0 Å². The molecule has 0 rings (SSSR count). The number of rotatable bonds is 8. The standard InChI is InChI=1S/C9H11Cl3O3/c10-7(13)4-2-1-3-6(9(12)15)5-8(11)14/h6H,1-5H2. The van der Waals surface area contributed by atoms with Gasteiger partial charge in [0, 0.05) is 18.8 Å². The molecule has 0 saturated heterocycles. The molecule has 0 spiro atoms. The quantitative estimate of drug-likeness (QED) is 0.505. The monoisotopic (exact) mass is 272 g/mol. The van der Waals surface area contributed by atoms with Crippen LogP contribution in [0.3, 0.4) is 0 Å². The molecule has 0 N–H and O–H groups in total. The zero-order valence-corrected chi connectivity index (χ0v) is 10.2. The summed E-state index contributed by atoms with van der Waals surface area (Å²) in [7, 11) is 0. The topological polar surface area (TPSA) is 51.2 Å². The largest absolute Gasteiger partial charge is 0.281 e. The van der Waals surface area contributed by atoms with E-state index in [2.05, 4.69) is 0 Å². The van der Waals surface area contributed by atoms with Crippen LogP contribution in [0, 0.1) is 5.92 Å². The van der Waals surface area contributed by atoms with Gasteiger partial charge in [-0.15, -0.1) is 0 Å². The Labute approximate surface area is 103 Å². The summed E-state index contributed by atoms with van der Waals surface area (Å²) in [5.41, 5.74) is 0. The molecule has 0 heterocycles. The highest BCUT2D eigenvalue weighted by molar-refractivity contribution is 6.66. The lowest BCUT2D eigenvalue weighted by molar-refractivity contribution is -0.120. The van der Waals surface area contributed by atoms with E-state index in [9.17, 15) is 14.4 Å². The van der Waals surface area contributed by atoms with Crippen LogP contribution in [0.2, 0.25) is 0 Å². The first kappa shape index (κ1) is 14.9. The summed E-state index contributed by atoms with van der Waals surface area (Å²) in [5.74, 6) is -0.554. The third kappa shape index (κ3) is 8.85. The lowest BCUT2D eigenvalue weighted by Crippen LogP contribution is -2.11. The molecule has 0 aliphatic rings. The molecular formula is C9H11Cl3O3. The van der Waals surface area contributed by atoms with E-state index < -0.39 is 21.6 Å². The summed E-state index contributed by atoms with van der Waals surface area (Å²) in [6, 6.07) is 0. The highest BCUT2D eigenvalue weighted by Crippen LogP contribution is 2.18. The molecular weight excluding hydrogens is 262 g/mol. The van der Waals surface area contributed by atoms with Crippen LogP contribution < -0.4 is 0 Å². The molecule has 0 aliphatic heterocycles. The minimum absolute atomic E-state index is 0.0568. The Balaban J connectivity index is 3.81. The normalized spacial score (nSPS) is 12.2. The van der Waals surface area contributed by atoms with Gasteiger partial charge in [-0.05, 0) is 47.6 Å². The van der Waals surface area contributed by atoms with E-state index in [1.807, 2.05) is 0 Å². The fourth-order valence-electron chi connectivity index (χ4n) is 1.14. The average Bonchev–Trinajstić information content (AvgIpc) is 2.08. The Hall–Kier alpha value is -0.120. The summed E-state index contributed by atoms with van der Waals surface area (Å²) < 4.78 is 0. The second-order valence-electron chi connectivity index (χ2n) is 3.16. The molecule has 0 radical (unpaired) electrons. The summed E-state index contributed by atoms with van der Waals surface area (Å²) in [4.78, 5) is 31.8. The van der Waals surface area contributed by atoms with Crippen molar-refractivity contribution in [2.45, 2.75) is 32.1 Å². The molecule has 0 aromatic heterocycles. The van der Waals surface area contributed by atoms with Crippen LogP contribution in [0.25, 0.3) is 0 Å². The molecule has 1 unspecified atom stereocenters. The molecule has 3 nitrogen and oxygen atoms in total. The van der Waals surface area contributed by atoms with Crippen LogP contribution >= 0.6 is 34.8 Å². The number of carbonyl (C=O) groups is 3. The highest BCUT2D eigenvalue weighted by atomic mass is 35.5. The van der Waals surface area contributed by atoms with E-state index >= 15 is 0 Å². The summed E-state index contributed by atoms with van der Waals surface area (Å²) in [6.45, 7) is 0. The highest BCUT2D eigenvalue weighted by Gasteiger charge is 2.18. The van der Waals surface area contributed by atoms with E-state index in [-0.39, 0.29) is 12.8 Å². The molecule has 0 amide bonds. The van der Waals surface area contributed by atoms with Crippen LogP contribution in [0.5, 0.6) is 0 Å². The van der Waals surface area contributed by atoms with Crippen LogP contribution in [0.4, 0.5) is 0 Å². The molecule has 86 valence electrons. The molecule has 6 heteroatoms. The minimum Gasteiger partial charge on any atom is -0.281 e. The Morgan fingerprint density at radius 2 is 1.53 bits per heavy atom. The van der Waals surface area contributed by atoms with Crippen LogP contribution in [0.15, 0.2) is 0 Å². The summed E-state index contributed by atoms with van der Waals surface area (Å²) in [5, 5.41) is -1.55. The van der Waals surface area contributed by atoms with Crippen molar-refractivity contribution >= 4 is 50.5 Å². The zero-order chi connectivity index (χ0) is 11.8. The van der Waals surface area contributed by atoms with Gasteiger partial charge in [0.1, 0.15) is 0 Å². The number of carbonyl (C=O) groups excluding carboxylic acids is 3. The predicted molar refractivity (Wildman–Crippen MR) is 59.2 cm³/mol. The molecule has 15 heavy (non-hydrogen) atoms. The molecule has 1 atom stereocenters. The van der Waals surface area contributed by atoms with Crippen molar-refractivity contribution in [1.82, 2.24) is 0 Å². The first-order valence-electron chi connectivity index (χ1n) is 4.49. The first-order valence-corrected chi connectivity index (χ1v) is 5.63. The predicted octanol–water partition coefficient (Wildman–Crippen LogP) is 2.85. The van der Waals surface area contributed by atoms with Gasteiger partial charge in [0.25, 0.3) is 0 Å². The van der Waals surface area contributed by atoms with Crippen molar-refractivity contribution in [3.05, 3.63) is 0 Å². The van der Waals surface area contributed by atoms with Gasteiger partial charge >= 0.3 is 0 Å². The number of hydrogen-bond acceptors (Lipinski definition) is 3. The van der Waals surface area contributed by atoms with E-state index in [0.717, 1.165) is 0 Å². The van der Waals surface area contributed by atoms with Crippen molar-refractivity contribution in [3.8, 4) is 0 Å². The lowest BCUT2D eigenvalue weighted by atomic mass is 10.00. The second-order valence-corrected chi connectivity index (χ2v) is 4.38. The van der Waals surface area contributed by atoms with E-state index in [4.69, 9.17) is 34.8 Å². The van der Waals surface area contributed by atoms with Crippen LogP contribution in [-0.4, -0.2) is 15.7 Å². The fraction of sp³-hybridized carbons (Fsp3) is 0.667. The van der Waals surface area contributed by atoms with E-state index in [1.165, 1.54) is 0 Å². The van der Waals surface area contributed by atoms with Gasteiger partial charge < -0.3 is 0 Å². The molecule has 0 saturated carbocycles. The maximum Gasteiger partial charge on any atom is 0.225 e.